The van der Waals surface area contributed by atoms with Gasteiger partial charge in [-0.1, -0.05) is 6.07 Å². The van der Waals surface area contributed by atoms with Crippen molar-refractivity contribution in [3.63, 3.8) is 0 Å². The second-order valence-corrected chi connectivity index (χ2v) is 3.75. The fraction of sp³-hybridized carbons (Fsp3) is 0.333. The van der Waals surface area contributed by atoms with E-state index < -0.39 is 28.8 Å². The SMILES string of the molecule is CCOC(=O)c1c(CCl)ccc(C#N)c1C(F)(F)F. The normalized spacial score (nSPS) is 10.9. The van der Waals surface area contributed by atoms with Crippen molar-refractivity contribution in [2.75, 3.05) is 6.61 Å². The first kappa shape index (κ1) is 15.3. The number of hydrogen-bond acceptors (Lipinski definition) is 3. The molecule has 1 rings (SSSR count). The van der Waals surface area contributed by atoms with Crippen LogP contribution in [0.25, 0.3) is 0 Å². The van der Waals surface area contributed by atoms with Gasteiger partial charge in [-0.25, -0.2) is 4.79 Å². The summed E-state index contributed by atoms with van der Waals surface area (Å²) in [5.74, 6) is -1.43. The maximum absolute atomic E-state index is 13.0. The maximum atomic E-state index is 13.0. The zero-order valence-corrected chi connectivity index (χ0v) is 10.6. The van der Waals surface area contributed by atoms with E-state index in [1.165, 1.54) is 19.1 Å². The van der Waals surface area contributed by atoms with E-state index in [9.17, 15) is 18.0 Å². The Morgan fingerprint density at radius 3 is 2.53 bits per heavy atom. The lowest BCUT2D eigenvalue weighted by atomic mass is 9.96. The van der Waals surface area contributed by atoms with Gasteiger partial charge < -0.3 is 4.74 Å². The number of carbonyl (C=O) groups is 1. The number of rotatable bonds is 3. The summed E-state index contributed by atoms with van der Waals surface area (Å²) in [6, 6.07) is 3.62. The van der Waals surface area contributed by atoms with Crippen LogP contribution >= 0.6 is 11.6 Å². The Labute approximate surface area is 112 Å². The highest BCUT2D eigenvalue weighted by Crippen LogP contribution is 2.36. The molecule has 0 aliphatic heterocycles. The van der Waals surface area contributed by atoms with E-state index in [1.807, 2.05) is 0 Å². The predicted octanol–water partition coefficient (Wildman–Crippen LogP) is 3.49. The Morgan fingerprint density at radius 1 is 1.47 bits per heavy atom. The van der Waals surface area contributed by atoms with Crippen LogP contribution in [-0.2, 0) is 16.8 Å². The Bertz CT molecular complexity index is 535. The second kappa shape index (κ2) is 5.93. The van der Waals surface area contributed by atoms with Gasteiger partial charge in [0, 0.05) is 5.88 Å². The predicted molar refractivity (Wildman–Crippen MR) is 61.7 cm³/mol. The fourth-order valence-electron chi connectivity index (χ4n) is 1.58. The van der Waals surface area contributed by atoms with Crippen LogP contribution in [0.4, 0.5) is 13.2 Å². The summed E-state index contributed by atoms with van der Waals surface area (Å²) in [6.45, 7) is 1.40. The van der Waals surface area contributed by atoms with E-state index >= 15 is 0 Å². The van der Waals surface area contributed by atoms with Crippen molar-refractivity contribution in [3.8, 4) is 6.07 Å². The van der Waals surface area contributed by atoms with Crippen LogP contribution in [0.1, 0.15) is 34.0 Å². The lowest BCUT2D eigenvalue weighted by Crippen LogP contribution is -2.19. The molecule has 0 saturated heterocycles. The Hall–Kier alpha value is -1.74. The first-order chi connectivity index (χ1) is 8.86. The number of carbonyl (C=O) groups excluding carboxylic acids is 1. The molecule has 3 nitrogen and oxygen atoms in total. The van der Waals surface area contributed by atoms with Crippen LogP contribution in [-0.4, -0.2) is 12.6 Å². The number of nitrogens with zero attached hydrogens (tertiary/aromatic N) is 1. The molecular weight excluding hydrogens is 283 g/mol. The number of alkyl halides is 4. The monoisotopic (exact) mass is 291 g/mol. The minimum atomic E-state index is -4.84. The second-order valence-electron chi connectivity index (χ2n) is 3.49. The molecule has 0 unspecified atom stereocenters. The van der Waals surface area contributed by atoms with E-state index in [1.54, 1.807) is 0 Å². The van der Waals surface area contributed by atoms with E-state index in [-0.39, 0.29) is 18.1 Å². The summed E-state index contributed by atoms with van der Waals surface area (Å²) in [4.78, 5) is 11.7. The Kier molecular flexibility index (Phi) is 4.78. The van der Waals surface area contributed by atoms with Crippen molar-refractivity contribution in [1.82, 2.24) is 0 Å². The quantitative estimate of drug-likeness (QED) is 0.632. The highest BCUT2D eigenvalue weighted by Gasteiger charge is 2.39. The van der Waals surface area contributed by atoms with Gasteiger partial charge in [-0.05, 0) is 18.6 Å². The van der Waals surface area contributed by atoms with Gasteiger partial charge in [-0.2, -0.15) is 18.4 Å². The van der Waals surface area contributed by atoms with Crippen LogP contribution in [0.3, 0.4) is 0 Å². The number of ether oxygens (including phenoxy) is 1. The number of hydrogen-bond donors (Lipinski definition) is 0. The molecule has 0 aliphatic carbocycles. The molecule has 7 heteroatoms. The van der Waals surface area contributed by atoms with Gasteiger partial charge in [0.05, 0.1) is 29.4 Å². The lowest BCUT2D eigenvalue weighted by molar-refractivity contribution is -0.138. The third-order valence-electron chi connectivity index (χ3n) is 2.32. The molecule has 0 saturated carbocycles. The fourth-order valence-corrected chi connectivity index (χ4v) is 1.80. The van der Waals surface area contributed by atoms with E-state index in [0.717, 1.165) is 6.07 Å². The van der Waals surface area contributed by atoms with Gasteiger partial charge in [-0.15, -0.1) is 11.6 Å². The average Bonchev–Trinajstić information content (AvgIpc) is 2.36. The van der Waals surface area contributed by atoms with E-state index in [4.69, 9.17) is 16.9 Å². The number of halogens is 4. The molecule has 0 amide bonds. The summed E-state index contributed by atoms with van der Waals surface area (Å²) in [7, 11) is 0. The van der Waals surface area contributed by atoms with Gasteiger partial charge in [-0.3, -0.25) is 0 Å². The standard InChI is InChI=1S/C12H9ClF3NO2/c1-2-19-11(18)9-7(5-13)3-4-8(6-17)10(9)12(14,15)16/h3-4H,2,5H2,1H3. The van der Waals surface area contributed by atoms with Crippen molar-refractivity contribution in [2.45, 2.75) is 19.0 Å². The summed E-state index contributed by atoms with van der Waals surface area (Å²) in [5, 5.41) is 8.75. The van der Waals surface area contributed by atoms with Gasteiger partial charge >= 0.3 is 12.1 Å². The molecule has 0 heterocycles. The van der Waals surface area contributed by atoms with Crippen LogP contribution in [0.5, 0.6) is 0 Å². The summed E-state index contributed by atoms with van der Waals surface area (Å²) < 4.78 is 43.6. The van der Waals surface area contributed by atoms with Crippen molar-refractivity contribution < 1.29 is 22.7 Å². The summed E-state index contributed by atoms with van der Waals surface area (Å²) >= 11 is 5.54. The molecule has 102 valence electrons. The van der Waals surface area contributed by atoms with Crippen molar-refractivity contribution in [3.05, 3.63) is 34.4 Å². The van der Waals surface area contributed by atoms with E-state index in [2.05, 4.69) is 4.74 Å². The molecule has 0 atom stereocenters. The summed E-state index contributed by atoms with van der Waals surface area (Å²) in [5.41, 5.74) is -2.65. The van der Waals surface area contributed by atoms with E-state index in [0.29, 0.717) is 0 Å². The van der Waals surface area contributed by atoms with Crippen LogP contribution in [0.2, 0.25) is 0 Å². The first-order valence-corrected chi connectivity index (χ1v) is 5.76. The molecule has 0 bridgehead atoms. The third-order valence-corrected chi connectivity index (χ3v) is 2.61. The highest BCUT2D eigenvalue weighted by molar-refractivity contribution is 6.17. The summed E-state index contributed by atoms with van der Waals surface area (Å²) in [6.07, 6.45) is -4.84. The number of nitriles is 1. The van der Waals surface area contributed by atoms with Gasteiger partial charge in [0.1, 0.15) is 0 Å². The Balaban J connectivity index is 3.63. The van der Waals surface area contributed by atoms with Crippen LogP contribution in [0.15, 0.2) is 12.1 Å². The smallest absolute Gasteiger partial charge is 0.418 e. The molecule has 0 N–H and O–H groups in total. The molecule has 0 aromatic heterocycles. The molecule has 1 aromatic rings. The lowest BCUT2D eigenvalue weighted by Gasteiger charge is -2.16. The van der Waals surface area contributed by atoms with Crippen LogP contribution < -0.4 is 0 Å². The molecular formula is C12H9ClF3NO2. The van der Waals surface area contributed by atoms with Crippen molar-refractivity contribution in [2.24, 2.45) is 0 Å². The zero-order chi connectivity index (χ0) is 14.6. The molecule has 1 aromatic carbocycles. The minimum Gasteiger partial charge on any atom is -0.462 e. The average molecular weight is 292 g/mol. The molecule has 0 radical (unpaired) electrons. The van der Waals surface area contributed by atoms with Crippen molar-refractivity contribution in [1.29, 1.82) is 5.26 Å². The molecule has 19 heavy (non-hydrogen) atoms. The maximum Gasteiger partial charge on any atom is 0.418 e. The zero-order valence-electron chi connectivity index (χ0n) is 9.84. The topological polar surface area (TPSA) is 50.1 Å². The largest absolute Gasteiger partial charge is 0.462 e. The van der Waals surface area contributed by atoms with Gasteiger partial charge in [0.25, 0.3) is 0 Å². The molecule has 0 fully saturated rings. The van der Waals surface area contributed by atoms with Gasteiger partial charge in [0.15, 0.2) is 0 Å². The number of benzene rings is 1. The first-order valence-electron chi connectivity index (χ1n) is 5.23. The number of esters is 1. The third kappa shape index (κ3) is 3.18. The van der Waals surface area contributed by atoms with Crippen molar-refractivity contribution >= 4 is 17.6 Å². The Morgan fingerprint density at radius 2 is 2.11 bits per heavy atom. The minimum absolute atomic E-state index is 0.0218. The molecule has 0 aliphatic rings. The highest BCUT2D eigenvalue weighted by atomic mass is 35.5. The molecule has 0 spiro atoms. The van der Waals surface area contributed by atoms with Crippen LogP contribution in [0, 0.1) is 11.3 Å². The van der Waals surface area contributed by atoms with Gasteiger partial charge in [0.2, 0.25) is 0 Å².